The highest BCUT2D eigenvalue weighted by Gasteiger charge is 2.17. The normalized spacial score (nSPS) is 14.5. The minimum Gasteiger partial charge on any atom is -0.491 e. The van der Waals surface area contributed by atoms with Crippen LogP contribution in [0.1, 0.15) is 0 Å². The number of nitrogens with zero attached hydrogens (tertiary/aromatic N) is 4. The van der Waals surface area contributed by atoms with Gasteiger partial charge in [0.05, 0.1) is 29.1 Å². The van der Waals surface area contributed by atoms with Gasteiger partial charge in [0.1, 0.15) is 29.5 Å². The summed E-state index contributed by atoms with van der Waals surface area (Å²) in [6, 6.07) is 14.0. The summed E-state index contributed by atoms with van der Waals surface area (Å²) in [6.45, 7) is 4.80. The first-order valence-electron chi connectivity index (χ1n) is 11.4. The summed E-state index contributed by atoms with van der Waals surface area (Å²) in [5.41, 5.74) is 2.48. The van der Waals surface area contributed by atoms with E-state index >= 15 is 0 Å². The van der Waals surface area contributed by atoms with Crippen LogP contribution in [-0.2, 0) is 4.74 Å². The Bertz CT molecular complexity index is 1470. The zero-order valence-electron chi connectivity index (χ0n) is 18.8. The summed E-state index contributed by atoms with van der Waals surface area (Å²) in [7, 11) is 0. The Morgan fingerprint density at radius 3 is 2.86 bits per heavy atom. The summed E-state index contributed by atoms with van der Waals surface area (Å²) < 4.78 is 12.5. The molecular weight excluding hydrogens is 484 g/mol. The Labute approximate surface area is 210 Å². The van der Waals surface area contributed by atoms with Crippen molar-refractivity contribution in [3.63, 3.8) is 0 Å². The molecule has 0 saturated carbocycles. The van der Waals surface area contributed by atoms with Crippen LogP contribution in [0.4, 0.5) is 11.5 Å². The fraction of sp³-hybridized carbons (Fsp3) is 0.240. The number of para-hydroxylation sites is 1. The molecule has 5 aromatic rings. The maximum absolute atomic E-state index is 6.77. The molecule has 1 saturated heterocycles. The second-order valence-corrected chi connectivity index (χ2v) is 9.50. The molecule has 1 aliphatic heterocycles. The second-order valence-electron chi connectivity index (χ2n) is 8.21. The van der Waals surface area contributed by atoms with E-state index in [-0.39, 0.29) is 0 Å². The molecule has 1 fully saturated rings. The van der Waals surface area contributed by atoms with Crippen molar-refractivity contribution in [2.45, 2.75) is 0 Å². The number of ether oxygens (including phenoxy) is 2. The predicted octanol–water partition coefficient (Wildman–Crippen LogP) is 5.34. The van der Waals surface area contributed by atoms with E-state index in [0.29, 0.717) is 23.2 Å². The van der Waals surface area contributed by atoms with Crippen LogP contribution in [0.3, 0.4) is 0 Å². The van der Waals surface area contributed by atoms with Gasteiger partial charge >= 0.3 is 0 Å². The maximum Gasteiger partial charge on any atom is 0.163 e. The van der Waals surface area contributed by atoms with E-state index < -0.39 is 0 Å². The molecule has 3 aromatic heterocycles. The van der Waals surface area contributed by atoms with Crippen molar-refractivity contribution in [2.75, 3.05) is 44.8 Å². The number of benzene rings is 2. The SMILES string of the molecule is Clc1c(Nc2nc3c(-c4nnc[nH]4)cccc3c3ccsc23)cccc1OCCN1CCOCC1. The molecule has 2 aromatic carbocycles. The van der Waals surface area contributed by atoms with Crippen molar-refractivity contribution >= 4 is 55.4 Å². The van der Waals surface area contributed by atoms with Gasteiger partial charge in [-0.3, -0.25) is 4.90 Å². The minimum atomic E-state index is 0.532. The van der Waals surface area contributed by atoms with Gasteiger partial charge in [0.15, 0.2) is 5.82 Å². The second kappa shape index (κ2) is 9.79. The topological polar surface area (TPSA) is 88.2 Å². The Hall–Kier alpha value is -3.24. The van der Waals surface area contributed by atoms with Gasteiger partial charge in [-0.2, -0.15) is 0 Å². The molecule has 4 heterocycles. The van der Waals surface area contributed by atoms with E-state index in [2.05, 4.69) is 42.9 Å². The van der Waals surface area contributed by atoms with Crippen LogP contribution in [-0.4, -0.2) is 64.5 Å². The Morgan fingerprint density at radius 1 is 1.11 bits per heavy atom. The molecule has 2 N–H and O–H groups in total. The average molecular weight is 507 g/mol. The number of aromatic amines is 1. The largest absolute Gasteiger partial charge is 0.491 e. The number of hydrogen-bond donors (Lipinski definition) is 2. The molecule has 0 radical (unpaired) electrons. The van der Waals surface area contributed by atoms with Crippen molar-refractivity contribution in [1.82, 2.24) is 25.1 Å². The van der Waals surface area contributed by atoms with Crippen molar-refractivity contribution < 1.29 is 9.47 Å². The molecule has 8 nitrogen and oxygen atoms in total. The number of nitrogens with one attached hydrogen (secondary N) is 2. The standard InChI is InChI=1S/C25H23ClN6O2S/c26-21-19(5-2-6-20(21)34-13-10-32-8-11-33-12-9-32)29-25-23-17(7-14-35-23)16-3-1-4-18(22(16)30-25)24-27-15-28-31-24/h1-7,14-15H,8-13H2,(H,29,30)(H,27,28,31). The Kier molecular flexibility index (Phi) is 6.22. The van der Waals surface area contributed by atoms with Gasteiger partial charge < -0.3 is 19.8 Å². The summed E-state index contributed by atoms with van der Waals surface area (Å²) in [5.74, 6) is 2.06. The lowest BCUT2D eigenvalue weighted by atomic mass is 10.1. The highest BCUT2D eigenvalue weighted by atomic mass is 35.5. The number of anilines is 2. The number of pyridine rings is 1. The van der Waals surface area contributed by atoms with Crippen LogP contribution in [0, 0.1) is 0 Å². The highest BCUT2D eigenvalue weighted by molar-refractivity contribution is 7.18. The predicted molar refractivity (Wildman–Crippen MR) is 140 cm³/mol. The first kappa shape index (κ1) is 22.2. The van der Waals surface area contributed by atoms with Crippen LogP contribution >= 0.6 is 22.9 Å². The van der Waals surface area contributed by atoms with E-state index in [4.69, 9.17) is 26.1 Å². The smallest absolute Gasteiger partial charge is 0.163 e. The quantitative estimate of drug-likeness (QED) is 0.308. The fourth-order valence-electron chi connectivity index (χ4n) is 4.32. The molecule has 0 aliphatic carbocycles. The number of hydrogen-bond acceptors (Lipinski definition) is 8. The lowest BCUT2D eigenvalue weighted by Crippen LogP contribution is -2.38. The monoisotopic (exact) mass is 506 g/mol. The molecule has 178 valence electrons. The number of halogens is 1. The Balaban J connectivity index is 1.31. The molecule has 0 bridgehead atoms. The first-order chi connectivity index (χ1) is 17.3. The molecule has 35 heavy (non-hydrogen) atoms. The van der Waals surface area contributed by atoms with Gasteiger partial charge in [0, 0.05) is 36.0 Å². The van der Waals surface area contributed by atoms with Gasteiger partial charge in [-0.25, -0.2) is 4.98 Å². The van der Waals surface area contributed by atoms with Gasteiger partial charge in [0.25, 0.3) is 0 Å². The molecule has 1 aliphatic rings. The summed E-state index contributed by atoms with van der Waals surface area (Å²) in [5, 5.41) is 16.4. The zero-order valence-corrected chi connectivity index (χ0v) is 20.4. The van der Waals surface area contributed by atoms with Crippen molar-refractivity contribution in [3.05, 3.63) is 59.2 Å². The molecule has 0 amide bonds. The van der Waals surface area contributed by atoms with Crippen LogP contribution in [0.2, 0.25) is 5.02 Å². The van der Waals surface area contributed by atoms with E-state index in [0.717, 1.165) is 70.9 Å². The molecule has 0 unspecified atom stereocenters. The van der Waals surface area contributed by atoms with Crippen molar-refractivity contribution in [3.8, 4) is 17.1 Å². The maximum atomic E-state index is 6.77. The molecule has 0 spiro atoms. The number of fused-ring (bicyclic) bond motifs is 3. The number of H-pyrrole nitrogens is 1. The molecular formula is C25H23ClN6O2S. The van der Waals surface area contributed by atoms with Gasteiger partial charge in [0.2, 0.25) is 0 Å². The number of thiophene rings is 1. The minimum absolute atomic E-state index is 0.532. The van der Waals surface area contributed by atoms with Crippen molar-refractivity contribution in [2.24, 2.45) is 0 Å². The van der Waals surface area contributed by atoms with Crippen molar-refractivity contribution in [1.29, 1.82) is 0 Å². The van der Waals surface area contributed by atoms with E-state index in [1.165, 1.54) is 0 Å². The lowest BCUT2D eigenvalue weighted by molar-refractivity contribution is 0.0322. The van der Waals surface area contributed by atoms with Crippen LogP contribution in [0.15, 0.2) is 54.2 Å². The third-order valence-electron chi connectivity index (χ3n) is 6.09. The molecule has 6 rings (SSSR count). The zero-order chi connectivity index (χ0) is 23.6. The highest BCUT2D eigenvalue weighted by Crippen LogP contribution is 2.40. The lowest BCUT2D eigenvalue weighted by Gasteiger charge is -2.26. The average Bonchev–Trinajstić information content (AvgIpc) is 3.60. The van der Waals surface area contributed by atoms with Crippen LogP contribution < -0.4 is 10.1 Å². The third-order valence-corrected chi connectivity index (χ3v) is 7.40. The summed E-state index contributed by atoms with van der Waals surface area (Å²) >= 11 is 8.41. The van der Waals surface area contributed by atoms with E-state index in [1.54, 1.807) is 17.7 Å². The van der Waals surface area contributed by atoms with Gasteiger partial charge in [-0.05, 0) is 29.6 Å². The third kappa shape index (κ3) is 4.43. The number of morpholine rings is 1. The summed E-state index contributed by atoms with van der Waals surface area (Å²) in [4.78, 5) is 10.4. The van der Waals surface area contributed by atoms with Gasteiger partial charge in [-0.15, -0.1) is 21.5 Å². The number of rotatable bonds is 7. The van der Waals surface area contributed by atoms with Gasteiger partial charge in [-0.1, -0.05) is 29.8 Å². The Morgan fingerprint density at radius 2 is 2.00 bits per heavy atom. The van der Waals surface area contributed by atoms with E-state index in [9.17, 15) is 0 Å². The van der Waals surface area contributed by atoms with Crippen LogP contribution in [0.5, 0.6) is 5.75 Å². The summed E-state index contributed by atoms with van der Waals surface area (Å²) in [6.07, 6.45) is 1.57. The fourth-order valence-corrected chi connectivity index (χ4v) is 5.40. The van der Waals surface area contributed by atoms with E-state index in [1.807, 2.05) is 30.3 Å². The number of aromatic nitrogens is 4. The van der Waals surface area contributed by atoms with Crippen LogP contribution in [0.25, 0.3) is 32.4 Å². The first-order valence-corrected chi connectivity index (χ1v) is 12.7. The molecule has 0 atom stereocenters. The molecule has 10 heteroatoms.